The molecule has 0 unspecified atom stereocenters. The van der Waals surface area contributed by atoms with E-state index < -0.39 is 11.6 Å². The fourth-order valence-corrected chi connectivity index (χ4v) is 1.32. The number of pyridine rings is 1. The molecule has 2 aromatic rings. The van der Waals surface area contributed by atoms with E-state index in [-0.39, 0.29) is 22.2 Å². The van der Waals surface area contributed by atoms with Crippen molar-refractivity contribution < 1.29 is 8.78 Å². The van der Waals surface area contributed by atoms with Gasteiger partial charge in [-0.3, -0.25) is 4.98 Å². The molecule has 0 radical (unpaired) electrons. The third-order valence-electron chi connectivity index (χ3n) is 2.09. The Bertz CT molecular complexity index is 587. The third-order valence-corrected chi connectivity index (χ3v) is 2.09. The predicted octanol–water partition coefficient (Wildman–Crippen LogP) is 1.97. The van der Waals surface area contributed by atoms with E-state index in [4.69, 9.17) is 11.0 Å². The van der Waals surface area contributed by atoms with Crippen LogP contribution in [0, 0.1) is 23.0 Å². The zero-order valence-electron chi connectivity index (χ0n) is 7.46. The van der Waals surface area contributed by atoms with Crippen LogP contribution in [0.5, 0.6) is 0 Å². The van der Waals surface area contributed by atoms with Gasteiger partial charge in [0.1, 0.15) is 11.6 Å². The summed E-state index contributed by atoms with van der Waals surface area (Å²) >= 11 is 0. The van der Waals surface area contributed by atoms with E-state index >= 15 is 0 Å². The molecular weight excluding hydrogens is 200 g/mol. The van der Waals surface area contributed by atoms with Crippen molar-refractivity contribution in [2.75, 3.05) is 5.73 Å². The number of fused-ring (bicyclic) bond motifs is 1. The number of hydrogen-bond acceptors (Lipinski definition) is 3. The molecule has 1 heterocycles. The van der Waals surface area contributed by atoms with Crippen molar-refractivity contribution in [3.05, 3.63) is 35.5 Å². The van der Waals surface area contributed by atoms with Gasteiger partial charge in [0.05, 0.1) is 11.3 Å². The Balaban J connectivity index is 2.93. The first kappa shape index (κ1) is 9.34. The number of aromatic nitrogens is 1. The van der Waals surface area contributed by atoms with Crippen molar-refractivity contribution in [3.63, 3.8) is 0 Å². The molecule has 2 rings (SSSR count). The first-order chi connectivity index (χ1) is 7.15. The standard InChI is InChI=1S/C10H5F2N3/c11-7-2-1-6-9(14)5(3-13)4-15-10(6)8(7)12/h1-2,4H,(H2,14,15). The lowest BCUT2D eigenvalue weighted by atomic mass is 10.1. The van der Waals surface area contributed by atoms with E-state index in [0.29, 0.717) is 0 Å². The van der Waals surface area contributed by atoms with E-state index in [9.17, 15) is 8.78 Å². The molecule has 2 N–H and O–H groups in total. The van der Waals surface area contributed by atoms with Crippen molar-refractivity contribution in [1.82, 2.24) is 4.98 Å². The van der Waals surface area contributed by atoms with Crippen LogP contribution in [0.15, 0.2) is 18.3 Å². The zero-order valence-corrected chi connectivity index (χ0v) is 7.46. The number of anilines is 1. The van der Waals surface area contributed by atoms with Gasteiger partial charge in [-0.05, 0) is 12.1 Å². The van der Waals surface area contributed by atoms with Crippen LogP contribution in [0.4, 0.5) is 14.5 Å². The van der Waals surface area contributed by atoms with E-state index in [0.717, 1.165) is 12.3 Å². The molecule has 0 aliphatic heterocycles. The summed E-state index contributed by atoms with van der Waals surface area (Å²) in [6.45, 7) is 0. The molecule has 5 heteroatoms. The maximum absolute atomic E-state index is 13.2. The Morgan fingerprint density at radius 3 is 2.73 bits per heavy atom. The summed E-state index contributed by atoms with van der Waals surface area (Å²) in [7, 11) is 0. The number of benzene rings is 1. The van der Waals surface area contributed by atoms with Crippen molar-refractivity contribution in [2.24, 2.45) is 0 Å². The number of halogens is 2. The zero-order chi connectivity index (χ0) is 11.0. The van der Waals surface area contributed by atoms with Gasteiger partial charge in [-0.25, -0.2) is 8.78 Å². The highest BCUT2D eigenvalue weighted by molar-refractivity contribution is 5.92. The molecule has 0 spiro atoms. The number of nitrogens with zero attached hydrogens (tertiary/aromatic N) is 2. The lowest BCUT2D eigenvalue weighted by molar-refractivity contribution is 0.515. The van der Waals surface area contributed by atoms with Crippen LogP contribution in [0.1, 0.15) is 5.56 Å². The highest BCUT2D eigenvalue weighted by Gasteiger charge is 2.12. The minimum absolute atomic E-state index is 0.112. The second-order valence-corrected chi connectivity index (χ2v) is 2.95. The minimum Gasteiger partial charge on any atom is -0.397 e. The van der Waals surface area contributed by atoms with Crippen LogP contribution in [-0.2, 0) is 0 Å². The molecule has 0 saturated carbocycles. The fourth-order valence-electron chi connectivity index (χ4n) is 1.32. The number of nitrogen functional groups attached to an aromatic ring is 1. The number of rotatable bonds is 0. The minimum atomic E-state index is -1.05. The molecule has 0 fully saturated rings. The Morgan fingerprint density at radius 2 is 2.07 bits per heavy atom. The van der Waals surface area contributed by atoms with Gasteiger partial charge in [-0.2, -0.15) is 5.26 Å². The normalized spacial score (nSPS) is 10.2. The highest BCUT2D eigenvalue weighted by Crippen LogP contribution is 2.25. The third kappa shape index (κ3) is 1.27. The van der Waals surface area contributed by atoms with Gasteiger partial charge in [-0.1, -0.05) is 0 Å². The fraction of sp³-hybridized carbons (Fsp3) is 0. The molecule has 1 aromatic carbocycles. The number of nitrogens with two attached hydrogens (primary N) is 1. The summed E-state index contributed by atoms with van der Waals surface area (Å²) in [5.74, 6) is -2.04. The van der Waals surface area contributed by atoms with Gasteiger partial charge >= 0.3 is 0 Å². The van der Waals surface area contributed by atoms with E-state index in [2.05, 4.69) is 4.98 Å². The lowest BCUT2D eigenvalue weighted by Crippen LogP contribution is -1.97. The second-order valence-electron chi connectivity index (χ2n) is 2.95. The van der Waals surface area contributed by atoms with Gasteiger partial charge in [-0.15, -0.1) is 0 Å². The monoisotopic (exact) mass is 205 g/mol. The molecule has 3 nitrogen and oxygen atoms in total. The van der Waals surface area contributed by atoms with Crippen molar-refractivity contribution in [2.45, 2.75) is 0 Å². The van der Waals surface area contributed by atoms with Crippen LogP contribution in [0.3, 0.4) is 0 Å². The average molecular weight is 205 g/mol. The first-order valence-corrected chi connectivity index (χ1v) is 4.07. The molecule has 0 saturated heterocycles. The number of nitriles is 1. The van der Waals surface area contributed by atoms with E-state index in [1.807, 2.05) is 6.07 Å². The molecule has 15 heavy (non-hydrogen) atoms. The maximum Gasteiger partial charge on any atom is 0.185 e. The summed E-state index contributed by atoms with van der Waals surface area (Å²) < 4.78 is 26.1. The van der Waals surface area contributed by atoms with Crippen LogP contribution in [-0.4, -0.2) is 4.98 Å². The number of hydrogen-bond donors (Lipinski definition) is 1. The molecule has 0 bridgehead atoms. The SMILES string of the molecule is N#Cc1cnc2c(F)c(F)ccc2c1N. The van der Waals surface area contributed by atoms with Gasteiger partial charge in [0.25, 0.3) is 0 Å². The van der Waals surface area contributed by atoms with Crippen molar-refractivity contribution >= 4 is 16.6 Å². The largest absolute Gasteiger partial charge is 0.397 e. The molecule has 0 atom stereocenters. The second kappa shape index (κ2) is 3.17. The summed E-state index contributed by atoms with van der Waals surface area (Å²) in [6, 6.07) is 4.08. The van der Waals surface area contributed by atoms with Crippen molar-refractivity contribution in [1.29, 1.82) is 5.26 Å². The predicted molar refractivity (Wildman–Crippen MR) is 50.8 cm³/mol. The van der Waals surface area contributed by atoms with E-state index in [1.165, 1.54) is 6.07 Å². The molecule has 0 amide bonds. The van der Waals surface area contributed by atoms with Crippen LogP contribution >= 0.6 is 0 Å². The van der Waals surface area contributed by atoms with Crippen LogP contribution in [0.25, 0.3) is 10.9 Å². The summed E-state index contributed by atoms with van der Waals surface area (Å²) in [5.41, 5.74) is 5.70. The van der Waals surface area contributed by atoms with Crippen LogP contribution in [0.2, 0.25) is 0 Å². The molecule has 1 aromatic heterocycles. The first-order valence-electron chi connectivity index (χ1n) is 4.07. The van der Waals surface area contributed by atoms with Crippen molar-refractivity contribution in [3.8, 4) is 6.07 Å². The topological polar surface area (TPSA) is 62.7 Å². The van der Waals surface area contributed by atoms with Gasteiger partial charge < -0.3 is 5.73 Å². The molecule has 0 aliphatic carbocycles. The van der Waals surface area contributed by atoms with Crippen LogP contribution < -0.4 is 5.73 Å². The Morgan fingerprint density at radius 1 is 1.33 bits per heavy atom. The summed E-state index contributed by atoms with van der Waals surface area (Å²) in [4.78, 5) is 3.66. The summed E-state index contributed by atoms with van der Waals surface area (Å²) in [5, 5.41) is 8.91. The quantitative estimate of drug-likeness (QED) is 0.715. The smallest absolute Gasteiger partial charge is 0.185 e. The van der Waals surface area contributed by atoms with Gasteiger partial charge in [0.2, 0.25) is 0 Å². The van der Waals surface area contributed by atoms with E-state index in [1.54, 1.807) is 0 Å². The molecule has 0 aliphatic rings. The Kier molecular flexibility index (Phi) is 1.97. The average Bonchev–Trinajstić information content (AvgIpc) is 2.24. The Labute approximate surface area is 83.8 Å². The summed E-state index contributed by atoms with van der Waals surface area (Å²) in [6.07, 6.45) is 1.13. The Hall–Kier alpha value is -2.22. The maximum atomic E-state index is 13.2. The van der Waals surface area contributed by atoms with Gasteiger partial charge in [0.15, 0.2) is 11.6 Å². The molecular formula is C10H5F2N3. The van der Waals surface area contributed by atoms with Gasteiger partial charge in [0, 0.05) is 11.6 Å². The highest BCUT2D eigenvalue weighted by atomic mass is 19.2. The lowest BCUT2D eigenvalue weighted by Gasteiger charge is -2.03. The molecule has 74 valence electrons.